The van der Waals surface area contributed by atoms with Crippen LogP contribution in [0.5, 0.6) is 0 Å². The van der Waals surface area contributed by atoms with Crippen molar-refractivity contribution in [2.45, 2.75) is 50.1 Å². The van der Waals surface area contributed by atoms with Crippen LogP contribution in [0.25, 0.3) is 0 Å². The molecule has 0 radical (unpaired) electrons. The standard InChI is InChI=1S/C15H26N4O3S/c1-11-15(12(2)18(3)16-11)23(20,21)17-13-4-7-19(10-13)14-5-8-22-9-6-14/h13-14,17H,4-10H2,1-3H3. The summed E-state index contributed by atoms with van der Waals surface area (Å²) >= 11 is 0. The first-order valence-electron chi connectivity index (χ1n) is 8.23. The average molecular weight is 342 g/mol. The highest BCUT2D eigenvalue weighted by molar-refractivity contribution is 7.89. The van der Waals surface area contributed by atoms with E-state index in [4.69, 9.17) is 4.74 Å². The Hall–Kier alpha value is -0.960. The van der Waals surface area contributed by atoms with Crippen LogP contribution in [0.2, 0.25) is 0 Å². The van der Waals surface area contributed by atoms with Gasteiger partial charge in [-0.2, -0.15) is 5.10 Å². The first-order valence-corrected chi connectivity index (χ1v) is 9.71. The minimum absolute atomic E-state index is 0.0261. The summed E-state index contributed by atoms with van der Waals surface area (Å²) in [7, 11) is -1.76. The van der Waals surface area contributed by atoms with E-state index in [1.54, 1.807) is 25.6 Å². The molecule has 0 spiro atoms. The van der Waals surface area contributed by atoms with Gasteiger partial charge < -0.3 is 4.74 Å². The number of nitrogens with zero attached hydrogens (tertiary/aromatic N) is 3. The molecule has 0 amide bonds. The summed E-state index contributed by atoms with van der Waals surface area (Å²) in [5.74, 6) is 0. The molecule has 1 unspecified atom stereocenters. The van der Waals surface area contributed by atoms with E-state index in [1.807, 2.05) is 0 Å². The van der Waals surface area contributed by atoms with E-state index >= 15 is 0 Å². The molecular formula is C15H26N4O3S. The van der Waals surface area contributed by atoms with Gasteiger partial charge in [-0.05, 0) is 33.1 Å². The van der Waals surface area contributed by atoms with Crippen molar-refractivity contribution in [2.75, 3.05) is 26.3 Å². The van der Waals surface area contributed by atoms with Crippen LogP contribution in [0.15, 0.2) is 4.90 Å². The van der Waals surface area contributed by atoms with E-state index < -0.39 is 10.0 Å². The Balaban J connectivity index is 1.67. The minimum Gasteiger partial charge on any atom is -0.381 e. The molecule has 130 valence electrons. The Morgan fingerprint density at radius 3 is 2.52 bits per heavy atom. The summed E-state index contributed by atoms with van der Waals surface area (Å²) in [5, 5.41) is 4.21. The lowest BCUT2D eigenvalue weighted by molar-refractivity contribution is 0.0418. The number of nitrogens with one attached hydrogen (secondary N) is 1. The van der Waals surface area contributed by atoms with Gasteiger partial charge in [0.05, 0.1) is 11.4 Å². The van der Waals surface area contributed by atoms with Gasteiger partial charge in [0.25, 0.3) is 0 Å². The predicted octanol–water partition coefficient (Wildman–Crippen LogP) is 0.569. The van der Waals surface area contributed by atoms with Crippen molar-refractivity contribution in [2.24, 2.45) is 7.05 Å². The number of aromatic nitrogens is 2. The fourth-order valence-electron chi connectivity index (χ4n) is 3.69. The fourth-order valence-corrected chi connectivity index (χ4v) is 5.39. The molecule has 3 heterocycles. The zero-order chi connectivity index (χ0) is 16.6. The summed E-state index contributed by atoms with van der Waals surface area (Å²) in [6, 6.07) is 0.502. The van der Waals surface area contributed by atoms with Crippen molar-refractivity contribution in [1.29, 1.82) is 0 Å². The molecule has 2 saturated heterocycles. The largest absolute Gasteiger partial charge is 0.381 e. The van der Waals surface area contributed by atoms with Crippen molar-refractivity contribution < 1.29 is 13.2 Å². The number of sulfonamides is 1. The van der Waals surface area contributed by atoms with Crippen LogP contribution >= 0.6 is 0 Å². The minimum atomic E-state index is -3.52. The first kappa shape index (κ1) is 16.9. The molecule has 0 aromatic carbocycles. The second kappa shape index (κ2) is 6.51. The van der Waals surface area contributed by atoms with Crippen LogP contribution in [-0.2, 0) is 21.8 Å². The molecule has 0 bridgehead atoms. The van der Waals surface area contributed by atoms with Gasteiger partial charge in [0.15, 0.2) is 0 Å². The molecule has 2 aliphatic heterocycles. The van der Waals surface area contributed by atoms with Crippen molar-refractivity contribution in [3.8, 4) is 0 Å². The van der Waals surface area contributed by atoms with Crippen LogP contribution in [-0.4, -0.2) is 61.5 Å². The van der Waals surface area contributed by atoms with Gasteiger partial charge >= 0.3 is 0 Å². The molecule has 2 aliphatic rings. The van der Waals surface area contributed by atoms with E-state index in [0.29, 0.717) is 22.3 Å². The molecule has 23 heavy (non-hydrogen) atoms. The topological polar surface area (TPSA) is 76.5 Å². The lowest BCUT2D eigenvalue weighted by Crippen LogP contribution is -2.41. The van der Waals surface area contributed by atoms with Crippen molar-refractivity contribution >= 4 is 10.0 Å². The third-order valence-electron chi connectivity index (χ3n) is 4.96. The second-order valence-corrected chi connectivity index (χ2v) is 8.22. The first-order chi connectivity index (χ1) is 10.9. The summed E-state index contributed by atoms with van der Waals surface area (Å²) in [6.45, 7) is 6.88. The van der Waals surface area contributed by atoms with Gasteiger partial charge in [-0.1, -0.05) is 0 Å². The monoisotopic (exact) mass is 342 g/mol. The van der Waals surface area contributed by atoms with Gasteiger partial charge in [0.2, 0.25) is 10.0 Å². The van der Waals surface area contributed by atoms with Crippen molar-refractivity contribution in [1.82, 2.24) is 19.4 Å². The SMILES string of the molecule is Cc1nn(C)c(C)c1S(=O)(=O)NC1CCN(C2CCOCC2)C1. The molecule has 3 rings (SSSR count). The lowest BCUT2D eigenvalue weighted by atomic mass is 10.1. The van der Waals surface area contributed by atoms with Gasteiger partial charge in [0, 0.05) is 45.4 Å². The van der Waals surface area contributed by atoms with Gasteiger partial charge in [-0.25, -0.2) is 13.1 Å². The number of ether oxygens (including phenoxy) is 1. The second-order valence-electron chi connectivity index (χ2n) is 6.57. The summed E-state index contributed by atoms with van der Waals surface area (Å²) in [5.41, 5.74) is 1.23. The molecule has 8 heteroatoms. The van der Waals surface area contributed by atoms with Crippen LogP contribution in [0.3, 0.4) is 0 Å². The molecule has 1 N–H and O–H groups in total. The molecular weight excluding hydrogens is 316 g/mol. The van der Waals surface area contributed by atoms with Crippen molar-refractivity contribution in [3.63, 3.8) is 0 Å². The summed E-state index contributed by atoms with van der Waals surface area (Å²) in [4.78, 5) is 2.73. The Morgan fingerprint density at radius 2 is 1.91 bits per heavy atom. The highest BCUT2D eigenvalue weighted by Gasteiger charge is 2.33. The van der Waals surface area contributed by atoms with Gasteiger partial charge in [-0.15, -0.1) is 0 Å². The summed E-state index contributed by atoms with van der Waals surface area (Å²) < 4.78 is 35.4. The predicted molar refractivity (Wildman–Crippen MR) is 86.8 cm³/mol. The van der Waals surface area contributed by atoms with E-state index in [1.165, 1.54) is 0 Å². The highest BCUT2D eigenvalue weighted by atomic mass is 32.2. The zero-order valence-electron chi connectivity index (χ0n) is 14.1. The van der Waals surface area contributed by atoms with Gasteiger partial charge in [-0.3, -0.25) is 9.58 Å². The van der Waals surface area contributed by atoms with Crippen LogP contribution in [0.1, 0.15) is 30.7 Å². The third kappa shape index (κ3) is 3.45. The van der Waals surface area contributed by atoms with Crippen LogP contribution in [0.4, 0.5) is 0 Å². The van der Waals surface area contributed by atoms with E-state index in [9.17, 15) is 8.42 Å². The Morgan fingerprint density at radius 1 is 1.22 bits per heavy atom. The Labute approximate surface area is 138 Å². The molecule has 0 aliphatic carbocycles. The van der Waals surface area contributed by atoms with E-state index in [-0.39, 0.29) is 6.04 Å². The van der Waals surface area contributed by atoms with Crippen molar-refractivity contribution in [3.05, 3.63) is 11.4 Å². The molecule has 1 atom stereocenters. The smallest absolute Gasteiger partial charge is 0.244 e. The maximum Gasteiger partial charge on any atom is 0.244 e. The number of rotatable bonds is 4. The highest BCUT2D eigenvalue weighted by Crippen LogP contribution is 2.23. The maximum absolute atomic E-state index is 12.7. The number of aryl methyl sites for hydroxylation is 2. The Kier molecular flexibility index (Phi) is 4.78. The van der Waals surface area contributed by atoms with Gasteiger partial charge in [0.1, 0.15) is 4.90 Å². The lowest BCUT2D eigenvalue weighted by Gasteiger charge is -2.31. The summed E-state index contributed by atoms with van der Waals surface area (Å²) in [6.07, 6.45) is 2.94. The number of hydrogen-bond donors (Lipinski definition) is 1. The molecule has 1 aromatic heterocycles. The number of hydrogen-bond acceptors (Lipinski definition) is 5. The molecule has 0 saturated carbocycles. The van der Waals surface area contributed by atoms with Crippen LogP contribution in [0, 0.1) is 13.8 Å². The molecule has 2 fully saturated rings. The maximum atomic E-state index is 12.7. The Bertz CT molecular complexity index is 665. The quantitative estimate of drug-likeness (QED) is 0.866. The van der Waals surface area contributed by atoms with E-state index in [2.05, 4.69) is 14.7 Å². The van der Waals surface area contributed by atoms with Crippen LogP contribution < -0.4 is 4.72 Å². The molecule has 1 aromatic rings. The van der Waals surface area contributed by atoms with E-state index in [0.717, 1.165) is 45.6 Å². The zero-order valence-corrected chi connectivity index (χ0v) is 14.9. The third-order valence-corrected chi connectivity index (χ3v) is 6.73. The average Bonchev–Trinajstić information content (AvgIpc) is 3.05. The molecule has 7 nitrogen and oxygen atoms in total. The normalized spacial score (nSPS) is 24.4. The fraction of sp³-hybridized carbons (Fsp3) is 0.800. The number of likely N-dealkylation sites (tertiary alicyclic amines) is 1.